The summed E-state index contributed by atoms with van der Waals surface area (Å²) in [5.41, 5.74) is 5.77. The van der Waals surface area contributed by atoms with Gasteiger partial charge in [0.2, 0.25) is 5.91 Å². The van der Waals surface area contributed by atoms with E-state index in [-0.39, 0.29) is 52.0 Å². The monoisotopic (exact) mass is 751 g/mol. The number of hydrogen-bond acceptors (Lipinski definition) is 5. The number of carbonyl (C=O) groups is 3. The number of carboxylic acid groups (broad SMARTS) is 1. The smallest absolute Gasteiger partial charge is 0.306 e. The second-order valence-electron chi connectivity index (χ2n) is 22.3. The minimum Gasteiger partial charge on any atom is -0.481 e. The molecule has 54 heavy (non-hydrogen) atoms. The lowest BCUT2D eigenvalue weighted by molar-refractivity contribution is -0.250. The van der Waals surface area contributed by atoms with Crippen molar-refractivity contribution in [2.45, 2.75) is 183 Å². The van der Waals surface area contributed by atoms with Crippen molar-refractivity contribution in [1.82, 2.24) is 5.32 Å². The highest BCUT2D eigenvalue weighted by atomic mass is 16.5. The van der Waals surface area contributed by atoms with Crippen LogP contribution in [0.15, 0.2) is 12.2 Å². The first-order valence-corrected chi connectivity index (χ1v) is 22.2. The van der Waals surface area contributed by atoms with Crippen molar-refractivity contribution in [3.8, 4) is 0 Å². The van der Waals surface area contributed by atoms with Crippen LogP contribution >= 0.6 is 0 Å². The summed E-state index contributed by atoms with van der Waals surface area (Å²) < 4.78 is 6.30. The molecule has 0 radical (unpaired) electrons. The van der Waals surface area contributed by atoms with Crippen LogP contribution in [-0.2, 0) is 19.1 Å². The molecule has 1 amide bonds. The number of esters is 1. The van der Waals surface area contributed by atoms with Crippen molar-refractivity contribution in [3.63, 3.8) is 0 Å². The van der Waals surface area contributed by atoms with Gasteiger partial charge in [0.25, 0.3) is 0 Å². The number of nitrogens with one attached hydrogen (secondary N) is 1. The maximum Gasteiger partial charge on any atom is 0.306 e. The number of carbonyl (C=O) groups excluding carboxylic acids is 2. The fourth-order valence-electron chi connectivity index (χ4n) is 16.1. The summed E-state index contributed by atoms with van der Waals surface area (Å²) >= 11 is 0. The van der Waals surface area contributed by atoms with Crippen molar-refractivity contribution in [3.05, 3.63) is 12.2 Å². The highest BCUT2D eigenvalue weighted by molar-refractivity contribution is 5.77. The van der Waals surface area contributed by atoms with E-state index in [4.69, 9.17) is 4.74 Å². The van der Waals surface area contributed by atoms with Gasteiger partial charge in [0, 0.05) is 17.9 Å². The zero-order chi connectivity index (χ0) is 39.6. The van der Waals surface area contributed by atoms with E-state index in [1.54, 1.807) is 0 Å². The van der Waals surface area contributed by atoms with Gasteiger partial charge in [0.15, 0.2) is 0 Å². The van der Waals surface area contributed by atoms with Crippen molar-refractivity contribution in [2.24, 2.45) is 79.6 Å². The van der Waals surface area contributed by atoms with E-state index in [9.17, 15) is 19.5 Å². The van der Waals surface area contributed by atoms with Crippen LogP contribution in [0.4, 0.5) is 0 Å². The molecule has 0 aromatic carbocycles. The maximum atomic E-state index is 14.0. The summed E-state index contributed by atoms with van der Waals surface area (Å²) in [6.45, 7) is 23.2. The molecular formula is C47H78N2O5. The molecule has 7 heteroatoms. The molecule has 0 aromatic rings. The Kier molecular flexibility index (Phi) is 11.4. The number of aliphatic carboxylic acids is 1. The Morgan fingerprint density at radius 1 is 0.796 bits per heavy atom. The third kappa shape index (κ3) is 7.03. The highest BCUT2D eigenvalue weighted by Crippen LogP contribution is 2.78. The summed E-state index contributed by atoms with van der Waals surface area (Å²) in [6.07, 6.45) is 18.7. The number of rotatable bonds is 9. The Bertz CT molecular complexity index is 1440. The van der Waals surface area contributed by atoms with Crippen LogP contribution in [0, 0.1) is 73.9 Å². The molecule has 0 saturated heterocycles. The van der Waals surface area contributed by atoms with Gasteiger partial charge in [-0.25, -0.2) is 0 Å². The number of carboxylic acids is 1. The second-order valence-corrected chi connectivity index (χ2v) is 22.3. The number of ether oxygens (including phenoxy) is 1. The molecule has 3 unspecified atom stereocenters. The molecule has 4 N–H and O–H groups in total. The largest absolute Gasteiger partial charge is 0.481 e. The molecule has 306 valence electrons. The normalized spacial score (nSPS) is 44.6. The molecule has 0 spiro atoms. The third-order valence-corrected chi connectivity index (χ3v) is 18.5. The van der Waals surface area contributed by atoms with Crippen molar-refractivity contribution < 1.29 is 24.2 Å². The van der Waals surface area contributed by atoms with Crippen LogP contribution in [-0.4, -0.2) is 42.1 Å². The predicted molar refractivity (Wildman–Crippen MR) is 216 cm³/mol. The minimum atomic E-state index is -0.876. The minimum absolute atomic E-state index is 0.0413. The summed E-state index contributed by atoms with van der Waals surface area (Å²) in [7, 11) is 1.50. The summed E-state index contributed by atoms with van der Waals surface area (Å²) in [4.78, 5) is 38.7. The van der Waals surface area contributed by atoms with Gasteiger partial charge >= 0.3 is 11.9 Å². The van der Waals surface area contributed by atoms with Crippen molar-refractivity contribution in [1.29, 1.82) is 0 Å². The second kappa shape index (κ2) is 14.8. The molecular weight excluding hydrogens is 673 g/mol. The molecule has 2 bridgehead atoms. The molecule has 7 saturated carbocycles. The van der Waals surface area contributed by atoms with Crippen molar-refractivity contribution in [2.75, 3.05) is 7.05 Å². The van der Waals surface area contributed by atoms with E-state index in [2.05, 4.69) is 59.2 Å². The third-order valence-electron chi connectivity index (χ3n) is 18.5. The Balaban J connectivity index is 0.00000245. The first-order chi connectivity index (χ1) is 25.2. The zero-order valence-electron chi connectivity index (χ0n) is 35.8. The molecule has 0 aliphatic heterocycles. The zero-order valence-corrected chi connectivity index (χ0v) is 35.8. The average Bonchev–Trinajstić information content (AvgIpc) is 3.61. The number of amides is 1. The van der Waals surface area contributed by atoms with Gasteiger partial charge in [0.05, 0.1) is 12.8 Å². The lowest BCUT2D eigenvalue weighted by Crippen LogP contribution is -2.67. The summed E-state index contributed by atoms with van der Waals surface area (Å²) in [6, 6.07) is 0.387. The maximum absolute atomic E-state index is 14.0. The Morgan fingerprint density at radius 2 is 1.46 bits per heavy atom. The molecule has 12 atom stereocenters. The van der Waals surface area contributed by atoms with E-state index in [0.717, 1.165) is 31.1 Å². The van der Waals surface area contributed by atoms with Crippen molar-refractivity contribution >= 4 is 17.8 Å². The first kappa shape index (κ1) is 41.7. The fourth-order valence-corrected chi connectivity index (χ4v) is 16.1. The van der Waals surface area contributed by atoms with Gasteiger partial charge in [0.1, 0.15) is 6.10 Å². The molecule has 7 fully saturated rings. The Hall–Kier alpha value is -1.89. The van der Waals surface area contributed by atoms with E-state index in [0.29, 0.717) is 48.0 Å². The number of hydrogen-bond donors (Lipinski definition) is 3. The van der Waals surface area contributed by atoms with Crippen LogP contribution in [0.5, 0.6) is 0 Å². The first-order valence-electron chi connectivity index (χ1n) is 22.2. The van der Waals surface area contributed by atoms with Gasteiger partial charge in [-0.05, 0) is 166 Å². The van der Waals surface area contributed by atoms with E-state index >= 15 is 0 Å². The topological polar surface area (TPSA) is 119 Å². The molecule has 7 aliphatic carbocycles. The molecule has 7 aliphatic rings. The van der Waals surface area contributed by atoms with Gasteiger partial charge in [-0.3, -0.25) is 14.4 Å². The molecule has 7 rings (SSSR count). The summed E-state index contributed by atoms with van der Waals surface area (Å²) in [5, 5.41) is 13.0. The van der Waals surface area contributed by atoms with Crippen LogP contribution in [0.2, 0.25) is 0 Å². The average molecular weight is 751 g/mol. The Morgan fingerprint density at radius 3 is 2.09 bits per heavy atom. The highest BCUT2D eigenvalue weighted by Gasteiger charge is 2.71. The molecule has 7 nitrogen and oxygen atoms in total. The van der Waals surface area contributed by atoms with Crippen LogP contribution < -0.4 is 11.1 Å². The van der Waals surface area contributed by atoms with Gasteiger partial charge in [-0.2, -0.15) is 0 Å². The van der Waals surface area contributed by atoms with Crippen LogP contribution in [0.3, 0.4) is 0 Å². The van der Waals surface area contributed by atoms with E-state index in [1.165, 1.54) is 89.7 Å². The van der Waals surface area contributed by atoms with Gasteiger partial charge < -0.3 is 20.9 Å². The number of allylic oxidation sites excluding steroid dienone is 1. The quantitative estimate of drug-likeness (QED) is 0.160. The Labute approximate surface area is 328 Å². The van der Waals surface area contributed by atoms with Crippen LogP contribution in [0.1, 0.15) is 171 Å². The lowest BCUT2D eigenvalue weighted by atomic mass is 9.32. The van der Waals surface area contributed by atoms with Gasteiger partial charge in [-0.15, -0.1) is 0 Å². The number of fused-ring (bicyclic) bond motifs is 9. The van der Waals surface area contributed by atoms with E-state index in [1.807, 2.05) is 13.8 Å². The van der Waals surface area contributed by atoms with Gasteiger partial charge in [-0.1, -0.05) is 73.5 Å². The SMILES string of the molecule is C=C(C)[C@@H]1CC[C@]2(CC(=O)NC3CC4CCC(C4)C3)CC[C@]3(C)[C@H](CC[C@@H]4[C@@]5(C)CCC(OC(=O)CC(C)(C)CC(=O)O)C(C)(C)[C@@H]5CC[C@]43C)[C@@H]12.CN. The molecule has 0 aromatic heterocycles. The fraction of sp³-hybridized carbons (Fsp3) is 0.894. The van der Waals surface area contributed by atoms with Crippen LogP contribution in [0.25, 0.3) is 0 Å². The standard InChI is InChI=1S/C46H73NO5.CH5N/c1-28(2)32-14-19-46(25-37(48)47-31-23-29-10-11-30(22-29)24-31)21-20-44(8)33(40(32)46)12-13-35-43(7)17-16-36(42(5,6)34(43)15-18-45(35,44)9)52-39(51)27-41(3,4)26-38(49)50;1-2/h29-36,40H,1,10-27H2,2-9H3,(H,47,48)(H,49,50);2H2,1H3/t29?,30?,31?,32-,33+,34-,35+,36?,40+,43-,44+,45+,46+;/m0./s1. The molecule has 0 heterocycles. The number of nitrogens with two attached hydrogens (primary N) is 1. The van der Waals surface area contributed by atoms with E-state index < -0.39 is 11.4 Å². The predicted octanol–water partition coefficient (Wildman–Crippen LogP) is 10.1. The summed E-state index contributed by atoms with van der Waals surface area (Å²) in [5.74, 6) is 3.61. The lowest BCUT2D eigenvalue weighted by Gasteiger charge is -2.73.